The Kier molecular flexibility index (Phi) is 5.02. The van der Waals surface area contributed by atoms with Gasteiger partial charge in [-0.15, -0.1) is 0 Å². The van der Waals surface area contributed by atoms with Gasteiger partial charge in [0.1, 0.15) is 5.69 Å². The van der Waals surface area contributed by atoms with Crippen LogP contribution in [-0.2, 0) is 6.54 Å². The van der Waals surface area contributed by atoms with Gasteiger partial charge in [-0.2, -0.15) is 0 Å². The maximum Gasteiger partial charge on any atom is 0.272 e. The Morgan fingerprint density at radius 3 is 2.45 bits per heavy atom. The van der Waals surface area contributed by atoms with Crippen molar-refractivity contribution >= 4 is 45.0 Å². The van der Waals surface area contributed by atoms with Crippen LogP contribution in [0.5, 0.6) is 0 Å². The van der Waals surface area contributed by atoms with Crippen LogP contribution in [0.3, 0.4) is 0 Å². The van der Waals surface area contributed by atoms with E-state index in [1.165, 1.54) is 0 Å². The molecule has 0 fully saturated rings. The number of halogens is 3. The van der Waals surface area contributed by atoms with Gasteiger partial charge in [0.15, 0.2) is 0 Å². The van der Waals surface area contributed by atoms with Gasteiger partial charge in [-0.3, -0.25) is 4.79 Å². The monoisotopic (exact) mass is 372 g/mol. The minimum Gasteiger partial charge on any atom is -0.336 e. The van der Waals surface area contributed by atoms with Gasteiger partial charge in [-0.25, -0.2) is 4.98 Å². The van der Waals surface area contributed by atoms with Gasteiger partial charge >= 0.3 is 0 Å². The zero-order valence-electron chi connectivity index (χ0n) is 10.6. The molecule has 0 atom stereocenters. The molecular formula is C14H11BrCl2N2O. The van der Waals surface area contributed by atoms with E-state index in [2.05, 4.69) is 20.9 Å². The molecule has 0 saturated heterocycles. The quantitative estimate of drug-likeness (QED) is 0.797. The molecule has 1 aromatic carbocycles. The summed E-state index contributed by atoms with van der Waals surface area (Å²) in [4.78, 5) is 17.9. The maximum absolute atomic E-state index is 12.2. The maximum atomic E-state index is 12.2. The lowest BCUT2D eigenvalue weighted by Gasteiger charge is -2.17. The van der Waals surface area contributed by atoms with Gasteiger partial charge in [-0.05, 0) is 51.8 Å². The van der Waals surface area contributed by atoms with E-state index in [4.69, 9.17) is 23.2 Å². The van der Waals surface area contributed by atoms with Crippen LogP contribution in [0.25, 0.3) is 0 Å². The van der Waals surface area contributed by atoms with Crippen molar-refractivity contribution in [3.8, 4) is 0 Å². The fourth-order valence-electron chi connectivity index (χ4n) is 1.75. The van der Waals surface area contributed by atoms with Gasteiger partial charge in [0.05, 0.1) is 0 Å². The van der Waals surface area contributed by atoms with Crippen LogP contribution in [0.15, 0.2) is 41.0 Å². The van der Waals surface area contributed by atoms with E-state index in [1.54, 1.807) is 48.5 Å². The standard InChI is InChI=1S/C14H11BrCl2N2O/c1-19(8-9-4-11(16)6-12(17)5-9)14(20)13-3-2-10(15)7-18-13/h2-7H,8H2,1H3. The Bertz CT molecular complexity index is 611. The van der Waals surface area contributed by atoms with Gasteiger partial charge in [-0.1, -0.05) is 23.2 Å². The van der Waals surface area contributed by atoms with Crippen molar-refractivity contribution in [2.45, 2.75) is 6.54 Å². The topological polar surface area (TPSA) is 33.2 Å². The van der Waals surface area contributed by atoms with Crippen LogP contribution in [-0.4, -0.2) is 22.8 Å². The molecule has 1 aromatic heterocycles. The largest absolute Gasteiger partial charge is 0.336 e. The lowest BCUT2D eigenvalue weighted by Crippen LogP contribution is -2.26. The Hall–Kier alpha value is -1.10. The zero-order valence-corrected chi connectivity index (χ0v) is 13.7. The number of aromatic nitrogens is 1. The number of amides is 1. The first-order chi connectivity index (χ1) is 9.45. The van der Waals surface area contributed by atoms with Gasteiger partial charge in [0.2, 0.25) is 0 Å². The summed E-state index contributed by atoms with van der Waals surface area (Å²) in [6.45, 7) is 0.414. The average molecular weight is 374 g/mol. The van der Waals surface area contributed by atoms with Crippen molar-refractivity contribution < 1.29 is 4.79 Å². The highest BCUT2D eigenvalue weighted by molar-refractivity contribution is 9.10. The highest BCUT2D eigenvalue weighted by Crippen LogP contribution is 2.20. The molecule has 0 spiro atoms. The molecular weight excluding hydrogens is 363 g/mol. The van der Waals surface area contributed by atoms with Crippen molar-refractivity contribution in [3.63, 3.8) is 0 Å². The first-order valence-corrected chi connectivity index (χ1v) is 7.32. The first-order valence-electron chi connectivity index (χ1n) is 5.77. The Labute approximate surface area is 135 Å². The predicted molar refractivity (Wildman–Crippen MR) is 84.2 cm³/mol. The third-order valence-corrected chi connectivity index (χ3v) is 3.54. The Balaban J connectivity index is 2.13. The van der Waals surface area contributed by atoms with E-state index in [0.29, 0.717) is 22.3 Å². The first kappa shape index (κ1) is 15.3. The van der Waals surface area contributed by atoms with Crippen LogP contribution in [0.1, 0.15) is 16.1 Å². The molecule has 1 amide bonds. The minimum absolute atomic E-state index is 0.159. The highest BCUT2D eigenvalue weighted by atomic mass is 79.9. The SMILES string of the molecule is CN(Cc1cc(Cl)cc(Cl)c1)C(=O)c1ccc(Br)cn1. The molecule has 1 heterocycles. The molecule has 0 saturated carbocycles. The minimum atomic E-state index is -0.159. The van der Waals surface area contributed by atoms with Crippen molar-refractivity contribution in [2.75, 3.05) is 7.05 Å². The summed E-state index contributed by atoms with van der Waals surface area (Å²) in [5.41, 5.74) is 1.26. The third kappa shape index (κ3) is 3.95. The summed E-state index contributed by atoms with van der Waals surface area (Å²) in [6.07, 6.45) is 1.59. The van der Waals surface area contributed by atoms with Crippen molar-refractivity contribution in [2.24, 2.45) is 0 Å². The summed E-state index contributed by atoms with van der Waals surface area (Å²) < 4.78 is 0.832. The molecule has 104 valence electrons. The molecule has 3 nitrogen and oxygen atoms in total. The zero-order chi connectivity index (χ0) is 14.7. The molecule has 0 N–H and O–H groups in total. The fourth-order valence-corrected chi connectivity index (χ4v) is 2.55. The third-order valence-electron chi connectivity index (χ3n) is 2.64. The summed E-state index contributed by atoms with van der Waals surface area (Å²) in [7, 11) is 1.71. The molecule has 0 unspecified atom stereocenters. The average Bonchev–Trinajstić information content (AvgIpc) is 2.37. The van der Waals surface area contributed by atoms with Crippen LogP contribution in [0, 0.1) is 0 Å². The van der Waals surface area contributed by atoms with E-state index >= 15 is 0 Å². The number of nitrogens with zero attached hydrogens (tertiary/aromatic N) is 2. The molecule has 0 bridgehead atoms. The van der Waals surface area contributed by atoms with E-state index in [1.807, 2.05) is 0 Å². The highest BCUT2D eigenvalue weighted by Gasteiger charge is 2.13. The number of carbonyl (C=O) groups excluding carboxylic acids is 1. The molecule has 0 radical (unpaired) electrons. The second-order valence-corrected chi connectivity index (χ2v) is 6.09. The summed E-state index contributed by atoms with van der Waals surface area (Å²) >= 11 is 15.2. The number of hydrogen-bond donors (Lipinski definition) is 0. The lowest BCUT2D eigenvalue weighted by atomic mass is 10.2. The number of hydrogen-bond acceptors (Lipinski definition) is 2. The molecule has 0 aliphatic rings. The predicted octanol–water partition coefficient (Wildman–Crippen LogP) is 4.42. The second kappa shape index (κ2) is 6.57. The van der Waals surface area contributed by atoms with Crippen LogP contribution >= 0.6 is 39.1 Å². The number of carbonyl (C=O) groups is 1. The molecule has 6 heteroatoms. The van der Waals surface area contributed by atoms with Gasteiger partial charge in [0, 0.05) is 34.3 Å². The molecule has 2 aromatic rings. The van der Waals surface area contributed by atoms with Crippen molar-refractivity contribution in [3.05, 3.63) is 62.3 Å². The molecule has 0 aliphatic carbocycles. The van der Waals surface area contributed by atoms with Crippen LogP contribution in [0.4, 0.5) is 0 Å². The Morgan fingerprint density at radius 2 is 1.90 bits per heavy atom. The summed E-state index contributed by atoms with van der Waals surface area (Å²) in [5, 5.41) is 1.10. The number of pyridine rings is 1. The molecule has 0 aliphatic heterocycles. The number of benzene rings is 1. The Morgan fingerprint density at radius 1 is 1.25 bits per heavy atom. The normalized spacial score (nSPS) is 10.4. The van der Waals surface area contributed by atoms with Crippen molar-refractivity contribution in [1.82, 2.24) is 9.88 Å². The van der Waals surface area contributed by atoms with E-state index < -0.39 is 0 Å². The number of rotatable bonds is 3. The molecule has 20 heavy (non-hydrogen) atoms. The van der Waals surface area contributed by atoms with Gasteiger partial charge in [0.25, 0.3) is 5.91 Å². The van der Waals surface area contributed by atoms with E-state index in [0.717, 1.165) is 10.0 Å². The van der Waals surface area contributed by atoms with Crippen molar-refractivity contribution in [1.29, 1.82) is 0 Å². The second-order valence-electron chi connectivity index (χ2n) is 4.30. The smallest absolute Gasteiger partial charge is 0.272 e. The fraction of sp³-hybridized carbons (Fsp3) is 0.143. The van der Waals surface area contributed by atoms with E-state index in [9.17, 15) is 4.79 Å². The summed E-state index contributed by atoms with van der Waals surface area (Å²) in [6, 6.07) is 8.68. The lowest BCUT2D eigenvalue weighted by molar-refractivity contribution is 0.0779. The van der Waals surface area contributed by atoms with E-state index in [-0.39, 0.29) is 5.91 Å². The van der Waals surface area contributed by atoms with Crippen LogP contribution < -0.4 is 0 Å². The van der Waals surface area contributed by atoms with Gasteiger partial charge < -0.3 is 4.90 Å². The van der Waals surface area contributed by atoms with Crippen LogP contribution in [0.2, 0.25) is 10.0 Å². The molecule has 2 rings (SSSR count). The summed E-state index contributed by atoms with van der Waals surface area (Å²) in [5.74, 6) is -0.159.